The first-order valence-electron chi connectivity index (χ1n) is 9.83. The van der Waals surface area contributed by atoms with Crippen LogP contribution >= 0.6 is 0 Å². The summed E-state index contributed by atoms with van der Waals surface area (Å²) in [6, 6.07) is 7.43. The molecule has 1 saturated heterocycles. The lowest BCUT2D eigenvalue weighted by Gasteiger charge is -2.23. The van der Waals surface area contributed by atoms with E-state index in [-0.39, 0.29) is 6.03 Å². The fourth-order valence-electron chi connectivity index (χ4n) is 3.54. The Bertz CT molecular complexity index is 831. The molecule has 4 rings (SSSR count). The van der Waals surface area contributed by atoms with Gasteiger partial charge in [-0.3, -0.25) is 0 Å². The average molecular weight is 382 g/mol. The second-order valence-corrected chi connectivity index (χ2v) is 6.91. The van der Waals surface area contributed by atoms with Crippen LogP contribution in [-0.2, 0) is 17.8 Å². The molecule has 2 aliphatic rings. The first-order valence-corrected chi connectivity index (χ1v) is 9.83. The van der Waals surface area contributed by atoms with E-state index in [1.807, 2.05) is 31.2 Å². The molecule has 2 aromatic rings. The van der Waals surface area contributed by atoms with E-state index >= 15 is 0 Å². The molecule has 8 nitrogen and oxygen atoms in total. The van der Waals surface area contributed by atoms with Gasteiger partial charge in [0.05, 0.1) is 12.3 Å². The Morgan fingerprint density at radius 3 is 2.86 bits per heavy atom. The van der Waals surface area contributed by atoms with E-state index in [1.165, 1.54) is 5.56 Å². The van der Waals surface area contributed by atoms with Crippen LogP contribution in [0.25, 0.3) is 11.4 Å². The Labute approximate surface area is 164 Å². The molecule has 2 aliphatic heterocycles. The molecule has 28 heavy (non-hydrogen) atoms. The summed E-state index contributed by atoms with van der Waals surface area (Å²) in [6.45, 7) is 7.35. The predicted molar refractivity (Wildman–Crippen MR) is 108 cm³/mol. The molecule has 0 atom stereocenters. The highest BCUT2D eigenvalue weighted by atomic mass is 16.5. The summed E-state index contributed by atoms with van der Waals surface area (Å²) in [6.07, 6.45) is 1.00. The van der Waals surface area contributed by atoms with Gasteiger partial charge in [-0.2, -0.15) is 0 Å². The van der Waals surface area contributed by atoms with Crippen molar-refractivity contribution in [2.45, 2.75) is 26.4 Å². The number of ether oxygens (including phenoxy) is 1. The number of benzene rings is 1. The first kappa shape index (κ1) is 18.6. The molecule has 0 unspecified atom stereocenters. The van der Waals surface area contributed by atoms with Gasteiger partial charge in [0, 0.05) is 56.1 Å². The number of anilines is 2. The van der Waals surface area contributed by atoms with E-state index < -0.39 is 0 Å². The van der Waals surface area contributed by atoms with E-state index in [1.54, 1.807) is 0 Å². The van der Waals surface area contributed by atoms with Crippen molar-refractivity contribution in [3.05, 3.63) is 35.5 Å². The first-order chi connectivity index (χ1) is 13.7. The van der Waals surface area contributed by atoms with Crippen molar-refractivity contribution in [2.75, 3.05) is 43.1 Å². The van der Waals surface area contributed by atoms with Gasteiger partial charge >= 0.3 is 6.03 Å². The molecule has 0 aliphatic carbocycles. The number of hydrogen-bond acceptors (Lipinski definition) is 6. The summed E-state index contributed by atoms with van der Waals surface area (Å²) >= 11 is 0. The zero-order chi connectivity index (χ0) is 19.3. The van der Waals surface area contributed by atoms with Crippen LogP contribution in [0, 0.1) is 0 Å². The summed E-state index contributed by atoms with van der Waals surface area (Å²) in [5.41, 5.74) is 3.93. The van der Waals surface area contributed by atoms with Crippen molar-refractivity contribution < 1.29 is 9.53 Å². The van der Waals surface area contributed by atoms with Gasteiger partial charge in [-0.1, -0.05) is 0 Å². The SMILES string of the molecule is CCNC(=O)Nc1ccc(-c2nc3c(c(N4CCCOCC4)n2)CNC3)cc1. The quantitative estimate of drug-likeness (QED) is 0.750. The molecule has 0 radical (unpaired) electrons. The van der Waals surface area contributed by atoms with E-state index in [4.69, 9.17) is 14.7 Å². The highest BCUT2D eigenvalue weighted by Gasteiger charge is 2.24. The van der Waals surface area contributed by atoms with Crippen molar-refractivity contribution in [2.24, 2.45) is 0 Å². The maximum absolute atomic E-state index is 11.7. The number of urea groups is 1. The zero-order valence-electron chi connectivity index (χ0n) is 16.1. The van der Waals surface area contributed by atoms with Crippen molar-refractivity contribution >= 4 is 17.5 Å². The van der Waals surface area contributed by atoms with Crippen LogP contribution in [0.3, 0.4) is 0 Å². The van der Waals surface area contributed by atoms with Crippen molar-refractivity contribution in [1.82, 2.24) is 20.6 Å². The molecule has 0 spiro atoms. The average Bonchev–Trinajstić information content (AvgIpc) is 3.01. The summed E-state index contributed by atoms with van der Waals surface area (Å²) in [4.78, 5) is 23.7. The molecule has 2 amide bonds. The number of carbonyl (C=O) groups is 1. The Morgan fingerprint density at radius 2 is 2.04 bits per heavy atom. The van der Waals surface area contributed by atoms with Crippen molar-refractivity contribution in [1.29, 1.82) is 0 Å². The van der Waals surface area contributed by atoms with Crippen LogP contribution in [-0.4, -0.2) is 48.8 Å². The monoisotopic (exact) mass is 382 g/mol. The van der Waals surface area contributed by atoms with Crippen molar-refractivity contribution in [3.8, 4) is 11.4 Å². The van der Waals surface area contributed by atoms with E-state index in [0.717, 1.165) is 68.6 Å². The molecule has 3 heterocycles. The lowest BCUT2D eigenvalue weighted by molar-refractivity contribution is 0.152. The standard InChI is InChI=1S/C20H26N6O2/c1-2-22-20(27)23-15-6-4-14(5-7-15)18-24-17-13-21-12-16(17)19(25-18)26-8-3-10-28-11-9-26/h4-7,21H,2-3,8-13H2,1H3,(H2,22,23,27). The largest absolute Gasteiger partial charge is 0.380 e. The number of hydrogen-bond donors (Lipinski definition) is 3. The van der Waals surface area contributed by atoms with Gasteiger partial charge in [-0.25, -0.2) is 14.8 Å². The van der Waals surface area contributed by atoms with Crippen LogP contribution in [0.15, 0.2) is 24.3 Å². The Kier molecular flexibility index (Phi) is 5.68. The Morgan fingerprint density at radius 1 is 1.18 bits per heavy atom. The lowest BCUT2D eigenvalue weighted by Crippen LogP contribution is -2.28. The number of fused-ring (bicyclic) bond motifs is 1. The molecular weight excluding hydrogens is 356 g/mol. The molecule has 1 fully saturated rings. The topological polar surface area (TPSA) is 91.4 Å². The highest BCUT2D eigenvalue weighted by Crippen LogP contribution is 2.29. The molecule has 3 N–H and O–H groups in total. The fourth-order valence-corrected chi connectivity index (χ4v) is 3.54. The maximum atomic E-state index is 11.7. The van der Waals surface area contributed by atoms with E-state index in [2.05, 4.69) is 20.9 Å². The molecule has 0 saturated carbocycles. The molecule has 0 bridgehead atoms. The molecular formula is C20H26N6O2. The Balaban J connectivity index is 1.61. The fraction of sp³-hybridized carbons (Fsp3) is 0.450. The molecule has 1 aromatic heterocycles. The van der Waals surface area contributed by atoms with Gasteiger partial charge in [0.25, 0.3) is 0 Å². The van der Waals surface area contributed by atoms with Gasteiger partial charge in [-0.05, 0) is 37.6 Å². The minimum Gasteiger partial charge on any atom is -0.380 e. The summed E-state index contributed by atoms with van der Waals surface area (Å²) in [7, 11) is 0. The number of aromatic nitrogens is 2. The number of nitrogens with zero attached hydrogens (tertiary/aromatic N) is 3. The normalized spacial score (nSPS) is 16.4. The number of nitrogens with one attached hydrogen (secondary N) is 3. The summed E-state index contributed by atoms with van der Waals surface area (Å²) in [5, 5.41) is 8.92. The van der Waals surface area contributed by atoms with Crippen LogP contribution in [0.5, 0.6) is 0 Å². The van der Waals surface area contributed by atoms with Crippen LogP contribution in [0.1, 0.15) is 24.6 Å². The number of carbonyl (C=O) groups excluding carboxylic acids is 1. The third kappa shape index (κ3) is 4.07. The van der Waals surface area contributed by atoms with Crippen LogP contribution in [0.4, 0.5) is 16.3 Å². The third-order valence-corrected chi connectivity index (χ3v) is 4.93. The molecule has 148 valence electrons. The van der Waals surface area contributed by atoms with Gasteiger partial charge in [0.2, 0.25) is 0 Å². The highest BCUT2D eigenvalue weighted by molar-refractivity contribution is 5.89. The second kappa shape index (κ2) is 8.53. The number of rotatable bonds is 4. The summed E-state index contributed by atoms with van der Waals surface area (Å²) < 4.78 is 5.60. The van der Waals surface area contributed by atoms with Gasteiger partial charge in [-0.15, -0.1) is 0 Å². The van der Waals surface area contributed by atoms with E-state index in [9.17, 15) is 4.79 Å². The predicted octanol–water partition coefficient (Wildman–Crippen LogP) is 2.11. The lowest BCUT2D eigenvalue weighted by atomic mass is 10.1. The summed E-state index contributed by atoms with van der Waals surface area (Å²) in [5.74, 6) is 1.73. The number of amides is 2. The zero-order valence-corrected chi connectivity index (χ0v) is 16.1. The van der Waals surface area contributed by atoms with Gasteiger partial charge < -0.3 is 25.6 Å². The maximum Gasteiger partial charge on any atom is 0.319 e. The minimum atomic E-state index is -0.208. The minimum absolute atomic E-state index is 0.208. The smallest absolute Gasteiger partial charge is 0.319 e. The van der Waals surface area contributed by atoms with E-state index in [0.29, 0.717) is 12.4 Å². The molecule has 8 heteroatoms. The van der Waals surface area contributed by atoms with Gasteiger partial charge in [0.1, 0.15) is 5.82 Å². The molecule has 1 aromatic carbocycles. The van der Waals surface area contributed by atoms with Crippen LogP contribution in [0.2, 0.25) is 0 Å². The third-order valence-electron chi connectivity index (χ3n) is 4.93. The second-order valence-electron chi connectivity index (χ2n) is 6.91. The van der Waals surface area contributed by atoms with Gasteiger partial charge in [0.15, 0.2) is 5.82 Å². The van der Waals surface area contributed by atoms with Crippen molar-refractivity contribution in [3.63, 3.8) is 0 Å². The van der Waals surface area contributed by atoms with Crippen LogP contribution < -0.4 is 20.9 Å². The Hall–Kier alpha value is -2.71.